The van der Waals surface area contributed by atoms with Crippen molar-refractivity contribution in [2.24, 2.45) is 5.92 Å². The highest BCUT2D eigenvalue weighted by Crippen LogP contribution is 2.22. The molecule has 234 valence electrons. The summed E-state index contributed by atoms with van der Waals surface area (Å²) in [5.74, 6) is 4.09. The second-order valence-corrected chi connectivity index (χ2v) is 11.8. The van der Waals surface area contributed by atoms with Crippen LogP contribution in [0.3, 0.4) is 0 Å². The Kier molecular flexibility index (Phi) is 9.60. The third-order valence-electron chi connectivity index (χ3n) is 7.61. The summed E-state index contributed by atoms with van der Waals surface area (Å²) in [6.07, 6.45) is 0. The molecule has 0 saturated carbocycles. The van der Waals surface area contributed by atoms with Gasteiger partial charge in [0.1, 0.15) is 11.9 Å². The second kappa shape index (κ2) is 13.6. The molecule has 1 fully saturated rings. The number of hydrogen-bond acceptors (Lipinski definition) is 7. The molecule has 0 aliphatic carbocycles. The Bertz CT molecular complexity index is 1920. The van der Waals surface area contributed by atoms with Crippen LogP contribution in [0, 0.1) is 23.6 Å². The lowest BCUT2D eigenvalue weighted by molar-refractivity contribution is -0.149. The summed E-state index contributed by atoms with van der Waals surface area (Å²) >= 11 is -2.72. The van der Waals surface area contributed by atoms with Crippen LogP contribution in [0.25, 0.3) is 10.9 Å². The number of rotatable bonds is 8. The van der Waals surface area contributed by atoms with Crippen molar-refractivity contribution in [3.05, 3.63) is 110 Å². The zero-order valence-electron chi connectivity index (χ0n) is 24.6. The summed E-state index contributed by atoms with van der Waals surface area (Å²) in [5.41, 5.74) is 2.00. The van der Waals surface area contributed by atoms with Crippen LogP contribution in [0.2, 0.25) is 0 Å². The molecule has 3 aromatic carbocycles. The van der Waals surface area contributed by atoms with E-state index in [2.05, 4.69) is 21.7 Å². The van der Waals surface area contributed by atoms with E-state index in [4.69, 9.17) is 0 Å². The van der Waals surface area contributed by atoms with Gasteiger partial charge < -0.3 is 19.5 Å². The van der Waals surface area contributed by atoms with Crippen molar-refractivity contribution in [1.29, 1.82) is 0 Å². The molecule has 2 unspecified atom stereocenters. The van der Waals surface area contributed by atoms with Gasteiger partial charge >= 0.3 is 11.7 Å². The van der Waals surface area contributed by atoms with Gasteiger partial charge in [-0.15, -0.1) is 0 Å². The molecule has 2 N–H and O–H groups in total. The fraction of sp³-hybridized carbons (Fsp3) is 0.281. The second-order valence-electron chi connectivity index (χ2n) is 11.0. The number of halogens is 1. The lowest BCUT2D eigenvalue weighted by Gasteiger charge is -2.45. The molecule has 4 aromatic rings. The Balaban J connectivity index is 1.28. The fourth-order valence-electron chi connectivity index (χ4n) is 5.34. The van der Waals surface area contributed by atoms with Gasteiger partial charge in [-0.05, 0) is 66.1 Å². The third kappa shape index (κ3) is 7.21. The van der Waals surface area contributed by atoms with Gasteiger partial charge in [-0.3, -0.25) is 18.4 Å². The average molecular weight is 633 g/mol. The summed E-state index contributed by atoms with van der Waals surface area (Å²) in [7, 11) is 0. The smallest absolute Gasteiger partial charge is 0.329 e. The highest BCUT2D eigenvalue weighted by molar-refractivity contribution is 7.76. The van der Waals surface area contributed by atoms with Gasteiger partial charge in [0.05, 0.1) is 17.4 Å². The number of aromatic nitrogens is 2. The monoisotopic (exact) mass is 632 g/mol. The number of nitrogens with one attached hydrogen (secondary N) is 1. The molecule has 1 aliphatic heterocycles. The number of carboxylic acids is 1. The topological polar surface area (TPSA) is 142 Å². The number of benzene rings is 3. The van der Waals surface area contributed by atoms with E-state index in [1.54, 1.807) is 43.1 Å². The van der Waals surface area contributed by atoms with Crippen LogP contribution in [0.5, 0.6) is 0 Å². The van der Waals surface area contributed by atoms with E-state index in [0.29, 0.717) is 42.8 Å². The first kappa shape index (κ1) is 31.8. The number of carboxylic acid groups (broad SMARTS) is 1. The number of hydrogen-bond donors (Lipinski definition) is 2. The van der Waals surface area contributed by atoms with E-state index >= 15 is 0 Å². The molecule has 5 rings (SSSR count). The molecule has 1 saturated heterocycles. The molecule has 2 heterocycles. The Labute approximate surface area is 260 Å². The number of aliphatic carboxylic acids is 1. The molecular weight excluding hydrogens is 601 g/mol. The molecular formula is C32H31FN5O6S-. The highest BCUT2D eigenvalue weighted by Gasteiger charge is 2.35. The van der Waals surface area contributed by atoms with Crippen LogP contribution in [0.15, 0.2) is 76.3 Å². The minimum Gasteiger partial charge on any atom is -0.759 e. The van der Waals surface area contributed by atoms with Gasteiger partial charge in [0.15, 0.2) is 0 Å². The predicted molar refractivity (Wildman–Crippen MR) is 168 cm³/mol. The van der Waals surface area contributed by atoms with Crippen molar-refractivity contribution in [3.63, 3.8) is 0 Å². The zero-order chi connectivity index (χ0) is 32.2. The lowest BCUT2D eigenvalue weighted by atomic mass is 10.1. The third-order valence-corrected chi connectivity index (χ3v) is 8.37. The first-order valence-corrected chi connectivity index (χ1v) is 15.3. The maximum Gasteiger partial charge on any atom is 0.329 e. The van der Waals surface area contributed by atoms with Gasteiger partial charge in [0.25, 0.3) is 5.56 Å². The van der Waals surface area contributed by atoms with E-state index in [0.717, 1.165) is 20.2 Å². The normalized spacial score (nSPS) is 15.2. The first-order chi connectivity index (χ1) is 21.5. The number of hydrazine groups is 1. The molecule has 0 bridgehead atoms. The van der Waals surface area contributed by atoms with Crippen molar-refractivity contribution in [2.45, 2.75) is 26.4 Å². The van der Waals surface area contributed by atoms with Crippen molar-refractivity contribution in [3.8, 4) is 11.8 Å². The van der Waals surface area contributed by atoms with Crippen molar-refractivity contribution >= 4 is 33.8 Å². The van der Waals surface area contributed by atoms with Crippen molar-refractivity contribution in [1.82, 2.24) is 19.0 Å². The van der Waals surface area contributed by atoms with E-state index in [1.165, 1.54) is 18.2 Å². The van der Waals surface area contributed by atoms with Crippen LogP contribution >= 0.6 is 0 Å². The molecule has 13 heteroatoms. The van der Waals surface area contributed by atoms with Crippen LogP contribution in [0.4, 0.5) is 10.1 Å². The largest absolute Gasteiger partial charge is 0.759 e. The molecule has 0 spiro atoms. The average Bonchev–Trinajstić information content (AvgIpc) is 3.01. The summed E-state index contributed by atoms with van der Waals surface area (Å²) in [6, 6.07) is 17.0. The molecule has 0 radical (unpaired) electrons. The number of carbonyl (C=O) groups is 1. The Morgan fingerprint density at radius 2 is 1.69 bits per heavy atom. The molecule has 1 aromatic heterocycles. The van der Waals surface area contributed by atoms with E-state index in [-0.39, 0.29) is 11.9 Å². The minimum absolute atomic E-state index is 0.0730. The van der Waals surface area contributed by atoms with Gasteiger partial charge in [-0.2, -0.15) is 4.41 Å². The standard InChI is InChI=1S/C32H32FN5O6S/c1-21(2)29(31(40)41)38(45(43)44)36-16-14-35(15-17-36)26-11-8-22(9-12-26)6-7-23-10-13-28-27(19-23)30(39)37(32(42)34-28)20-24-4-3-5-25(33)18-24/h3-5,8-13,18-19,21,29H,14-17,20H2,1-2H3,(H,34,42)(H,40,41)(H,43,44)/p-1. The molecule has 1 aliphatic rings. The van der Waals surface area contributed by atoms with Gasteiger partial charge in [-0.25, -0.2) is 14.2 Å². The quantitative estimate of drug-likeness (QED) is 0.223. The molecule has 2 atom stereocenters. The minimum atomic E-state index is -2.72. The highest BCUT2D eigenvalue weighted by atomic mass is 32.2. The maximum atomic E-state index is 13.6. The number of aromatic amines is 1. The predicted octanol–water partition coefficient (Wildman–Crippen LogP) is 2.52. The Morgan fingerprint density at radius 1 is 1.02 bits per heavy atom. The van der Waals surface area contributed by atoms with Crippen LogP contribution in [-0.4, -0.2) is 71.0 Å². The van der Waals surface area contributed by atoms with Gasteiger partial charge in [0.2, 0.25) is 0 Å². The van der Waals surface area contributed by atoms with E-state index < -0.39 is 46.3 Å². The summed E-state index contributed by atoms with van der Waals surface area (Å²) in [6.45, 7) is 4.95. The van der Waals surface area contributed by atoms with Crippen LogP contribution in [0.1, 0.15) is 30.5 Å². The zero-order valence-corrected chi connectivity index (χ0v) is 25.4. The Morgan fingerprint density at radius 3 is 2.31 bits per heavy atom. The van der Waals surface area contributed by atoms with E-state index in [1.807, 2.05) is 24.3 Å². The van der Waals surface area contributed by atoms with Gasteiger partial charge in [-0.1, -0.05) is 37.8 Å². The molecule has 45 heavy (non-hydrogen) atoms. The summed E-state index contributed by atoms with van der Waals surface area (Å²) in [4.78, 5) is 42.3. The number of fused-ring (bicyclic) bond motifs is 1. The first-order valence-electron chi connectivity index (χ1n) is 14.3. The van der Waals surface area contributed by atoms with Crippen LogP contribution in [-0.2, 0) is 22.6 Å². The molecule has 11 nitrogen and oxygen atoms in total. The maximum absolute atomic E-state index is 13.6. The van der Waals surface area contributed by atoms with Crippen molar-refractivity contribution < 1.29 is 23.1 Å². The fourth-order valence-corrected chi connectivity index (χ4v) is 6.21. The summed E-state index contributed by atoms with van der Waals surface area (Å²) < 4.78 is 39.5. The van der Waals surface area contributed by atoms with Crippen LogP contribution < -0.4 is 16.1 Å². The Hall–Kier alpha value is -4.61. The summed E-state index contributed by atoms with van der Waals surface area (Å²) in [5, 5.41) is 11.5. The van der Waals surface area contributed by atoms with Crippen molar-refractivity contribution in [2.75, 3.05) is 31.1 Å². The van der Waals surface area contributed by atoms with Gasteiger partial charge in [0, 0.05) is 54.3 Å². The number of nitrogens with zero attached hydrogens (tertiary/aromatic N) is 4. The number of H-pyrrole nitrogens is 1. The van der Waals surface area contributed by atoms with E-state index in [9.17, 15) is 32.6 Å². The number of anilines is 1. The SMILES string of the molecule is CC(C)C(C(=O)O)N(N1CCN(c2ccc(C#Cc3ccc4[nH]c(=O)n(Cc5cccc(F)c5)c(=O)c4c3)cc2)CC1)S(=O)[O-]. The number of piperazine rings is 1. The molecule has 0 amide bonds. The lowest BCUT2D eigenvalue weighted by Crippen LogP contribution is -2.60.